The summed E-state index contributed by atoms with van der Waals surface area (Å²) < 4.78 is 17.5. The molecule has 418 valence electrons. The molecule has 11 heteroatoms. The maximum absolute atomic E-state index is 13.3. The van der Waals surface area contributed by atoms with Gasteiger partial charge in [0.25, 0.3) is 0 Å². The highest BCUT2D eigenvalue weighted by atomic mass is 16.7. The van der Waals surface area contributed by atoms with Gasteiger partial charge in [-0.05, 0) is 70.6 Å². The highest BCUT2D eigenvalue weighted by Crippen LogP contribution is 2.26. The number of allylic oxidation sites excluding steroid dienone is 15. The molecule has 8 atom stereocenters. The molecule has 73 heavy (non-hydrogen) atoms. The smallest absolute Gasteiger partial charge is 0.306 e. The highest BCUT2D eigenvalue weighted by molar-refractivity contribution is 5.80. The second-order valence-electron chi connectivity index (χ2n) is 19.8. The molecule has 0 radical (unpaired) electrons. The van der Waals surface area contributed by atoms with Crippen LogP contribution in [-0.2, 0) is 23.8 Å². The Morgan fingerprint density at radius 3 is 1.59 bits per heavy atom. The second kappa shape index (κ2) is 49.5. The fourth-order valence-corrected chi connectivity index (χ4v) is 8.47. The van der Waals surface area contributed by atoms with Crippen LogP contribution in [0.3, 0.4) is 0 Å². The molecular weight excluding hydrogens is 919 g/mol. The van der Waals surface area contributed by atoms with Gasteiger partial charge < -0.3 is 45.1 Å². The Hall–Kier alpha value is -3.42. The molecule has 1 aliphatic rings. The summed E-state index contributed by atoms with van der Waals surface area (Å²) in [5, 5.41) is 56.7. The Kier molecular flexibility index (Phi) is 45.8. The molecule has 1 saturated heterocycles. The number of unbranched alkanes of at least 4 members (excludes halogenated alkanes) is 23. The molecule has 0 aliphatic carbocycles. The van der Waals surface area contributed by atoms with Crippen LogP contribution in [-0.4, -0.2) is 99.6 Å². The zero-order valence-electron chi connectivity index (χ0n) is 46.0. The van der Waals surface area contributed by atoms with Crippen LogP contribution in [0.1, 0.15) is 220 Å². The van der Waals surface area contributed by atoms with Crippen LogP contribution in [0.25, 0.3) is 0 Å². The van der Waals surface area contributed by atoms with Crippen molar-refractivity contribution in [1.82, 2.24) is 5.32 Å². The topological polar surface area (TPSA) is 175 Å². The van der Waals surface area contributed by atoms with Crippen molar-refractivity contribution in [2.45, 2.75) is 269 Å². The standard InChI is InChI=1S/C62H105NO10/c1-4-7-10-13-16-19-22-25-26-27-28-29-30-32-35-38-41-44-47-50-57(67)73-60-59(69)58(68)56(51-64)72-62(60)71-52-53(54(65)48-45-42-39-36-34-31-23-20-17-14-11-8-5-2)63-61(70)55(66)49-46-43-40-37-33-24-21-18-15-12-9-6-3/h9,12,15-16,18-19,21,24-26,33,37,40,43,45,48,53-56,58-60,62,64-66,68-69H,4-8,10-11,13-14,17,20,22-23,27-32,34-36,38-39,41-42,44,46-47,49-52H2,1-3H3,(H,63,70)/b12-9+,18-15+,19-16-,24-21-,26-25-,37-33-,43-40+,48-45+. The van der Waals surface area contributed by atoms with Crippen molar-refractivity contribution in [1.29, 1.82) is 0 Å². The summed E-state index contributed by atoms with van der Waals surface area (Å²) >= 11 is 0. The maximum Gasteiger partial charge on any atom is 0.306 e. The lowest BCUT2D eigenvalue weighted by atomic mass is 9.99. The van der Waals surface area contributed by atoms with Crippen molar-refractivity contribution in [3.63, 3.8) is 0 Å². The molecule has 0 aromatic heterocycles. The molecular formula is C62H105NO10. The summed E-state index contributed by atoms with van der Waals surface area (Å²) in [5.74, 6) is -1.28. The van der Waals surface area contributed by atoms with E-state index >= 15 is 0 Å². The number of aliphatic hydroxyl groups excluding tert-OH is 5. The van der Waals surface area contributed by atoms with Gasteiger partial charge in [0.1, 0.15) is 24.4 Å². The van der Waals surface area contributed by atoms with Crippen LogP contribution in [0, 0.1) is 0 Å². The van der Waals surface area contributed by atoms with E-state index in [0.717, 1.165) is 70.6 Å². The van der Waals surface area contributed by atoms with Crippen LogP contribution in [0.2, 0.25) is 0 Å². The van der Waals surface area contributed by atoms with Gasteiger partial charge in [0, 0.05) is 6.42 Å². The van der Waals surface area contributed by atoms with E-state index in [0.29, 0.717) is 12.8 Å². The van der Waals surface area contributed by atoms with Crippen molar-refractivity contribution >= 4 is 11.9 Å². The number of nitrogens with one attached hydrogen (secondary N) is 1. The zero-order chi connectivity index (χ0) is 53.3. The van der Waals surface area contributed by atoms with Gasteiger partial charge in [-0.15, -0.1) is 0 Å². The van der Waals surface area contributed by atoms with Crippen molar-refractivity contribution in [3.05, 3.63) is 97.2 Å². The number of carbonyl (C=O) groups is 2. The molecule has 1 rings (SSSR count). The Morgan fingerprint density at radius 2 is 1.04 bits per heavy atom. The molecule has 0 saturated carbocycles. The number of aliphatic hydroxyl groups is 5. The quantitative estimate of drug-likeness (QED) is 0.0149. The largest absolute Gasteiger partial charge is 0.454 e. The molecule has 0 bridgehead atoms. The van der Waals surface area contributed by atoms with E-state index in [1.54, 1.807) is 6.08 Å². The fraction of sp³-hybridized carbons (Fsp3) is 0.710. The van der Waals surface area contributed by atoms with Crippen molar-refractivity contribution < 1.29 is 49.3 Å². The molecule has 0 aromatic rings. The molecule has 1 amide bonds. The summed E-state index contributed by atoms with van der Waals surface area (Å²) in [6, 6.07) is -1.07. The lowest BCUT2D eigenvalue weighted by Crippen LogP contribution is -2.61. The first-order chi connectivity index (χ1) is 35.7. The van der Waals surface area contributed by atoms with E-state index in [1.165, 1.54) is 103 Å². The summed E-state index contributed by atoms with van der Waals surface area (Å²) in [7, 11) is 0. The maximum atomic E-state index is 13.3. The fourth-order valence-electron chi connectivity index (χ4n) is 8.47. The van der Waals surface area contributed by atoms with Gasteiger partial charge in [-0.25, -0.2) is 0 Å². The first-order valence-electron chi connectivity index (χ1n) is 29.1. The summed E-state index contributed by atoms with van der Waals surface area (Å²) in [6.07, 6.45) is 54.6. The average Bonchev–Trinajstić information content (AvgIpc) is 3.39. The van der Waals surface area contributed by atoms with Crippen LogP contribution in [0.15, 0.2) is 97.2 Å². The van der Waals surface area contributed by atoms with Gasteiger partial charge >= 0.3 is 5.97 Å². The predicted octanol–water partition coefficient (Wildman–Crippen LogP) is 13.2. The van der Waals surface area contributed by atoms with Crippen LogP contribution in [0.4, 0.5) is 0 Å². The number of esters is 1. The third kappa shape index (κ3) is 37.9. The zero-order valence-corrected chi connectivity index (χ0v) is 46.0. The van der Waals surface area contributed by atoms with Crippen LogP contribution >= 0.6 is 0 Å². The highest BCUT2D eigenvalue weighted by Gasteiger charge is 2.47. The van der Waals surface area contributed by atoms with E-state index in [9.17, 15) is 35.1 Å². The van der Waals surface area contributed by atoms with E-state index < -0.39 is 67.4 Å². The first kappa shape index (κ1) is 67.6. The normalized spacial score (nSPS) is 20.1. The first-order valence-corrected chi connectivity index (χ1v) is 29.1. The van der Waals surface area contributed by atoms with Gasteiger partial charge in [-0.1, -0.05) is 240 Å². The van der Waals surface area contributed by atoms with Crippen LogP contribution in [0.5, 0.6) is 0 Å². The third-order valence-electron chi connectivity index (χ3n) is 13.1. The SMILES string of the molecule is CC/C=C/C=C/C=C\C=C/C=C/CCC(O)C(=O)NC(COC1OC(CO)C(O)C(O)C1OC(=O)CCCCCCCCCCC/C=C\C/C=C\CCCCC)C(O)/C=C/CCCCCCCCCCCCC. The minimum atomic E-state index is -1.63. The number of rotatable bonds is 47. The number of carbonyl (C=O) groups excluding carboxylic acids is 2. The molecule has 0 spiro atoms. The molecule has 1 heterocycles. The monoisotopic (exact) mass is 1020 g/mol. The molecule has 6 N–H and O–H groups in total. The van der Waals surface area contributed by atoms with Gasteiger partial charge in [-0.3, -0.25) is 9.59 Å². The Bertz CT molecular complexity index is 1550. The lowest BCUT2D eigenvalue weighted by molar-refractivity contribution is -0.305. The predicted molar refractivity (Wildman–Crippen MR) is 301 cm³/mol. The van der Waals surface area contributed by atoms with E-state index in [2.05, 4.69) is 56.5 Å². The summed E-state index contributed by atoms with van der Waals surface area (Å²) in [6.45, 7) is 5.55. The van der Waals surface area contributed by atoms with Gasteiger partial charge in [-0.2, -0.15) is 0 Å². The summed E-state index contributed by atoms with van der Waals surface area (Å²) in [5.41, 5.74) is 0. The lowest BCUT2D eigenvalue weighted by Gasteiger charge is -2.41. The van der Waals surface area contributed by atoms with Crippen molar-refractivity contribution in [2.24, 2.45) is 0 Å². The van der Waals surface area contributed by atoms with Gasteiger partial charge in [0.2, 0.25) is 5.91 Å². The van der Waals surface area contributed by atoms with Crippen molar-refractivity contribution in [2.75, 3.05) is 13.2 Å². The number of ether oxygens (including phenoxy) is 3. The number of amides is 1. The minimum Gasteiger partial charge on any atom is -0.454 e. The average molecular weight is 1020 g/mol. The summed E-state index contributed by atoms with van der Waals surface area (Å²) in [4.78, 5) is 26.4. The Morgan fingerprint density at radius 1 is 0.562 bits per heavy atom. The van der Waals surface area contributed by atoms with E-state index in [1.807, 2.05) is 60.8 Å². The number of hydrogen-bond donors (Lipinski definition) is 6. The second-order valence-corrected chi connectivity index (χ2v) is 19.8. The van der Waals surface area contributed by atoms with Gasteiger partial charge in [0.15, 0.2) is 12.4 Å². The molecule has 11 nitrogen and oxygen atoms in total. The molecule has 1 aliphatic heterocycles. The third-order valence-corrected chi connectivity index (χ3v) is 13.1. The molecule has 8 unspecified atom stereocenters. The Labute approximate surface area is 444 Å². The van der Waals surface area contributed by atoms with Gasteiger partial charge in [0.05, 0.1) is 25.4 Å². The Balaban J connectivity index is 2.75. The molecule has 0 aromatic carbocycles. The molecule has 1 fully saturated rings. The van der Waals surface area contributed by atoms with E-state index in [-0.39, 0.29) is 19.4 Å². The van der Waals surface area contributed by atoms with E-state index in [4.69, 9.17) is 14.2 Å². The van der Waals surface area contributed by atoms with Crippen molar-refractivity contribution in [3.8, 4) is 0 Å². The van der Waals surface area contributed by atoms with Crippen LogP contribution < -0.4 is 5.32 Å². The minimum absolute atomic E-state index is 0.105. The number of hydrogen-bond acceptors (Lipinski definition) is 10.